The van der Waals surface area contributed by atoms with Crippen molar-refractivity contribution in [2.24, 2.45) is 0 Å². The largest absolute Gasteiger partial charge is 0.462 e. The second-order valence-electron chi connectivity index (χ2n) is 6.46. The van der Waals surface area contributed by atoms with Gasteiger partial charge in [-0.2, -0.15) is 0 Å². The number of aryl methyl sites for hydroxylation is 1. The number of hydrogen-bond donors (Lipinski definition) is 0. The molecule has 0 spiro atoms. The molecule has 134 valence electrons. The van der Waals surface area contributed by atoms with E-state index in [2.05, 4.69) is 36.2 Å². The van der Waals surface area contributed by atoms with E-state index in [1.807, 2.05) is 16.7 Å². The molecule has 6 heteroatoms. The van der Waals surface area contributed by atoms with E-state index >= 15 is 0 Å². The fourth-order valence-electron chi connectivity index (χ4n) is 3.20. The molecule has 1 aromatic heterocycles. The zero-order chi connectivity index (χ0) is 17.6. The molecule has 0 unspecified atom stereocenters. The van der Waals surface area contributed by atoms with Gasteiger partial charge in [0.25, 0.3) is 0 Å². The number of ether oxygens (including phenoxy) is 1. The van der Waals surface area contributed by atoms with Crippen molar-refractivity contribution < 1.29 is 9.53 Å². The number of benzene rings is 1. The first-order valence-corrected chi connectivity index (χ1v) is 9.98. The van der Waals surface area contributed by atoms with Gasteiger partial charge in [-0.25, -0.2) is 0 Å². The van der Waals surface area contributed by atoms with E-state index in [1.165, 1.54) is 23.7 Å². The molecule has 25 heavy (non-hydrogen) atoms. The highest BCUT2D eigenvalue weighted by atomic mass is 32.2. The molecular formula is C19H25N3O2S. The molecule has 2 aromatic rings. The summed E-state index contributed by atoms with van der Waals surface area (Å²) in [5, 5.41) is 9.38. The Kier molecular flexibility index (Phi) is 6.13. The maximum absolute atomic E-state index is 12.1. The predicted octanol–water partition coefficient (Wildman–Crippen LogP) is 4.24. The maximum Gasteiger partial charge on any atom is 0.316 e. The van der Waals surface area contributed by atoms with Crippen LogP contribution in [0.3, 0.4) is 0 Å². The lowest BCUT2D eigenvalue weighted by atomic mass is 9.98. The van der Waals surface area contributed by atoms with E-state index < -0.39 is 0 Å². The Morgan fingerprint density at radius 1 is 1.28 bits per heavy atom. The van der Waals surface area contributed by atoms with Crippen LogP contribution < -0.4 is 0 Å². The highest BCUT2D eigenvalue weighted by Crippen LogP contribution is 2.25. The average Bonchev–Trinajstić information content (AvgIpc) is 3.04. The highest BCUT2D eigenvalue weighted by molar-refractivity contribution is 7.99. The summed E-state index contributed by atoms with van der Waals surface area (Å²) in [5.41, 5.74) is 2.24. The summed E-state index contributed by atoms with van der Waals surface area (Å²) >= 11 is 1.40. The molecule has 1 aliphatic rings. The Morgan fingerprint density at radius 3 is 2.80 bits per heavy atom. The minimum Gasteiger partial charge on any atom is -0.462 e. The molecule has 1 saturated carbocycles. The van der Waals surface area contributed by atoms with Crippen LogP contribution in [0.5, 0.6) is 0 Å². The van der Waals surface area contributed by atoms with Gasteiger partial charge < -0.3 is 9.30 Å². The lowest BCUT2D eigenvalue weighted by molar-refractivity contribution is -0.147. The van der Waals surface area contributed by atoms with Gasteiger partial charge in [-0.1, -0.05) is 41.9 Å². The molecule has 1 fully saturated rings. The van der Waals surface area contributed by atoms with Crippen molar-refractivity contribution in [1.29, 1.82) is 0 Å². The fraction of sp³-hybridized carbons (Fsp3) is 0.526. The quantitative estimate of drug-likeness (QED) is 0.570. The number of nitrogens with zero attached hydrogens (tertiary/aromatic N) is 3. The van der Waals surface area contributed by atoms with Gasteiger partial charge in [-0.3, -0.25) is 4.79 Å². The standard InChI is InChI=1S/C19H25N3O2S/c1-3-22-18(15-9-7-8-14(2)12-15)20-21-19(22)25-13-17(23)24-16-10-5-4-6-11-16/h7-9,12,16H,3-6,10-11,13H2,1-2H3. The predicted molar refractivity (Wildman–Crippen MR) is 99.6 cm³/mol. The summed E-state index contributed by atoms with van der Waals surface area (Å²) in [5.74, 6) is 0.969. The first-order chi connectivity index (χ1) is 12.2. The van der Waals surface area contributed by atoms with Crippen molar-refractivity contribution in [1.82, 2.24) is 14.8 Å². The Morgan fingerprint density at radius 2 is 2.08 bits per heavy atom. The van der Waals surface area contributed by atoms with Crippen LogP contribution in [0.25, 0.3) is 11.4 Å². The van der Waals surface area contributed by atoms with E-state index in [-0.39, 0.29) is 17.8 Å². The third kappa shape index (κ3) is 4.63. The third-order valence-electron chi connectivity index (χ3n) is 4.48. The minimum absolute atomic E-state index is 0.105. The molecule has 1 aliphatic carbocycles. The molecular weight excluding hydrogens is 334 g/mol. The second-order valence-corrected chi connectivity index (χ2v) is 7.40. The monoisotopic (exact) mass is 359 g/mol. The number of esters is 1. The number of carbonyl (C=O) groups excluding carboxylic acids is 1. The smallest absolute Gasteiger partial charge is 0.316 e. The van der Waals surface area contributed by atoms with Gasteiger partial charge in [0.1, 0.15) is 6.10 Å². The summed E-state index contributed by atoms with van der Waals surface area (Å²) in [6, 6.07) is 8.22. The van der Waals surface area contributed by atoms with Crippen molar-refractivity contribution >= 4 is 17.7 Å². The number of aromatic nitrogens is 3. The molecule has 0 saturated heterocycles. The molecule has 0 radical (unpaired) electrons. The molecule has 0 N–H and O–H groups in total. The van der Waals surface area contributed by atoms with Crippen molar-refractivity contribution in [3.8, 4) is 11.4 Å². The SMILES string of the molecule is CCn1c(SCC(=O)OC2CCCCC2)nnc1-c1cccc(C)c1. The van der Waals surface area contributed by atoms with E-state index in [1.54, 1.807) is 0 Å². The van der Waals surface area contributed by atoms with Crippen LogP contribution in [-0.4, -0.2) is 32.6 Å². The van der Waals surface area contributed by atoms with Gasteiger partial charge in [0.2, 0.25) is 0 Å². The summed E-state index contributed by atoms with van der Waals surface area (Å²) < 4.78 is 7.63. The van der Waals surface area contributed by atoms with E-state index in [9.17, 15) is 4.79 Å². The lowest BCUT2D eigenvalue weighted by Crippen LogP contribution is -2.22. The van der Waals surface area contributed by atoms with Crippen LogP contribution in [-0.2, 0) is 16.1 Å². The zero-order valence-electron chi connectivity index (χ0n) is 14.9. The van der Waals surface area contributed by atoms with Gasteiger partial charge in [-0.15, -0.1) is 10.2 Å². The molecule has 0 aliphatic heterocycles. The topological polar surface area (TPSA) is 57.0 Å². The van der Waals surface area contributed by atoms with E-state index in [0.717, 1.165) is 48.8 Å². The summed E-state index contributed by atoms with van der Waals surface area (Å²) in [6.45, 7) is 4.89. The molecule has 1 aromatic carbocycles. The summed E-state index contributed by atoms with van der Waals surface area (Å²) in [4.78, 5) is 12.1. The average molecular weight is 359 g/mol. The lowest BCUT2D eigenvalue weighted by Gasteiger charge is -2.21. The van der Waals surface area contributed by atoms with Crippen molar-refractivity contribution in [3.63, 3.8) is 0 Å². The van der Waals surface area contributed by atoms with Gasteiger partial charge >= 0.3 is 5.97 Å². The molecule has 3 rings (SSSR count). The Hall–Kier alpha value is -1.82. The van der Waals surface area contributed by atoms with Gasteiger partial charge in [0.15, 0.2) is 11.0 Å². The zero-order valence-corrected chi connectivity index (χ0v) is 15.7. The van der Waals surface area contributed by atoms with Crippen LogP contribution >= 0.6 is 11.8 Å². The fourth-order valence-corrected chi connectivity index (χ4v) is 3.99. The van der Waals surface area contributed by atoms with Crippen LogP contribution in [0.4, 0.5) is 0 Å². The Labute approximate surface area is 153 Å². The molecule has 0 bridgehead atoms. The molecule has 5 nitrogen and oxygen atoms in total. The Balaban J connectivity index is 1.63. The second kappa shape index (κ2) is 8.52. The summed E-state index contributed by atoms with van der Waals surface area (Å²) in [7, 11) is 0. The Bertz CT molecular complexity index is 723. The molecule has 0 amide bonds. The first-order valence-electron chi connectivity index (χ1n) is 9.00. The minimum atomic E-state index is -0.153. The van der Waals surface area contributed by atoms with Crippen LogP contribution in [0.1, 0.15) is 44.6 Å². The third-order valence-corrected chi connectivity index (χ3v) is 5.42. The molecule has 0 atom stereocenters. The van der Waals surface area contributed by atoms with Gasteiger partial charge in [0.05, 0.1) is 5.75 Å². The van der Waals surface area contributed by atoms with Crippen molar-refractivity contribution in [2.45, 2.75) is 63.8 Å². The summed E-state index contributed by atoms with van der Waals surface area (Å²) in [6.07, 6.45) is 5.68. The molecule has 1 heterocycles. The first kappa shape index (κ1) is 18.0. The van der Waals surface area contributed by atoms with E-state index in [4.69, 9.17) is 4.74 Å². The number of hydrogen-bond acceptors (Lipinski definition) is 5. The van der Waals surface area contributed by atoms with Crippen LogP contribution in [0.2, 0.25) is 0 Å². The van der Waals surface area contributed by atoms with Crippen molar-refractivity contribution in [3.05, 3.63) is 29.8 Å². The normalized spacial score (nSPS) is 15.3. The highest BCUT2D eigenvalue weighted by Gasteiger charge is 2.19. The number of thioether (sulfide) groups is 1. The van der Waals surface area contributed by atoms with E-state index in [0.29, 0.717) is 0 Å². The van der Waals surface area contributed by atoms with Crippen molar-refractivity contribution in [2.75, 3.05) is 5.75 Å². The van der Waals surface area contributed by atoms with Gasteiger partial charge in [-0.05, 0) is 45.6 Å². The van der Waals surface area contributed by atoms with Gasteiger partial charge in [0, 0.05) is 12.1 Å². The maximum atomic E-state index is 12.1. The number of rotatable bonds is 6. The van der Waals surface area contributed by atoms with Crippen LogP contribution in [0, 0.1) is 6.92 Å². The van der Waals surface area contributed by atoms with Crippen LogP contribution in [0.15, 0.2) is 29.4 Å². The number of carbonyl (C=O) groups is 1.